The first kappa shape index (κ1) is 14.3. The van der Waals surface area contributed by atoms with E-state index in [0.717, 1.165) is 17.0 Å². The number of para-hydroxylation sites is 1. The third-order valence-corrected chi connectivity index (χ3v) is 3.43. The monoisotopic (exact) mass is 296 g/mol. The average molecular weight is 296 g/mol. The zero-order chi connectivity index (χ0) is 15.5. The molecule has 2 aromatic carbocycles. The van der Waals surface area contributed by atoms with E-state index in [4.69, 9.17) is 4.74 Å². The van der Waals surface area contributed by atoms with Gasteiger partial charge in [0.25, 0.3) is 0 Å². The Morgan fingerprint density at radius 3 is 2.36 bits per heavy atom. The van der Waals surface area contributed by atoms with E-state index in [1.807, 2.05) is 61.5 Å². The quantitative estimate of drug-likeness (QED) is 0.714. The lowest BCUT2D eigenvalue weighted by Crippen LogP contribution is -1.99. The number of benzene rings is 2. The molecule has 0 aliphatic carbocycles. The third-order valence-electron chi connectivity index (χ3n) is 3.43. The summed E-state index contributed by atoms with van der Waals surface area (Å²) >= 11 is 0. The highest BCUT2D eigenvalue weighted by molar-refractivity contribution is 5.64. The molecule has 0 aliphatic rings. The van der Waals surface area contributed by atoms with Gasteiger partial charge in [0, 0.05) is 5.56 Å². The van der Waals surface area contributed by atoms with Crippen molar-refractivity contribution in [2.24, 2.45) is 0 Å². The summed E-state index contributed by atoms with van der Waals surface area (Å²) in [5.74, 6) is 0.474. The molecule has 1 aromatic heterocycles. The second-order valence-corrected chi connectivity index (χ2v) is 4.95. The van der Waals surface area contributed by atoms with Gasteiger partial charge in [0.05, 0.1) is 18.0 Å². The topological polar surface area (TPSA) is 27.1 Å². The van der Waals surface area contributed by atoms with Crippen LogP contribution in [0.25, 0.3) is 16.9 Å². The van der Waals surface area contributed by atoms with Gasteiger partial charge in [0.1, 0.15) is 11.4 Å². The van der Waals surface area contributed by atoms with Gasteiger partial charge >= 0.3 is 0 Å². The first-order valence-electron chi connectivity index (χ1n) is 7.24. The number of aryl methyl sites for hydroxylation is 1. The Labute approximate surface area is 129 Å². The molecule has 0 amide bonds. The number of halogens is 1. The van der Waals surface area contributed by atoms with Crippen molar-refractivity contribution in [3.05, 3.63) is 66.1 Å². The highest BCUT2D eigenvalue weighted by Gasteiger charge is 2.18. The minimum atomic E-state index is -0.298. The van der Waals surface area contributed by atoms with Crippen molar-refractivity contribution in [2.45, 2.75) is 13.8 Å². The fourth-order valence-corrected chi connectivity index (χ4v) is 2.39. The summed E-state index contributed by atoms with van der Waals surface area (Å²) in [5, 5.41) is 4.33. The van der Waals surface area contributed by atoms with Crippen molar-refractivity contribution in [2.75, 3.05) is 6.61 Å². The van der Waals surface area contributed by atoms with Crippen LogP contribution in [0.4, 0.5) is 4.39 Å². The third kappa shape index (κ3) is 2.60. The summed E-state index contributed by atoms with van der Waals surface area (Å²) < 4.78 is 21.6. The van der Waals surface area contributed by atoms with Crippen molar-refractivity contribution < 1.29 is 9.13 Å². The first-order chi connectivity index (χ1) is 10.7. The van der Waals surface area contributed by atoms with Gasteiger partial charge in [-0.05, 0) is 50.2 Å². The van der Waals surface area contributed by atoms with Crippen molar-refractivity contribution >= 4 is 0 Å². The van der Waals surface area contributed by atoms with E-state index in [2.05, 4.69) is 5.10 Å². The lowest BCUT2D eigenvalue weighted by atomic mass is 10.1. The number of hydrogen-bond acceptors (Lipinski definition) is 2. The zero-order valence-corrected chi connectivity index (χ0v) is 12.6. The second-order valence-electron chi connectivity index (χ2n) is 4.95. The van der Waals surface area contributed by atoms with Gasteiger partial charge in [-0.1, -0.05) is 18.2 Å². The smallest absolute Gasteiger partial charge is 0.172 e. The van der Waals surface area contributed by atoms with Gasteiger partial charge in [-0.2, -0.15) is 5.10 Å². The van der Waals surface area contributed by atoms with Gasteiger partial charge in [-0.3, -0.25) is 0 Å². The molecule has 1 heterocycles. The number of rotatable bonds is 4. The molecule has 0 saturated heterocycles. The normalized spacial score (nSPS) is 10.7. The molecule has 0 N–H and O–H groups in total. The zero-order valence-electron chi connectivity index (χ0n) is 12.6. The lowest BCUT2D eigenvalue weighted by molar-refractivity contribution is 0.340. The molecule has 0 unspecified atom stereocenters. The van der Waals surface area contributed by atoms with E-state index in [0.29, 0.717) is 18.0 Å². The van der Waals surface area contributed by atoms with E-state index >= 15 is 0 Å². The van der Waals surface area contributed by atoms with E-state index in [-0.39, 0.29) is 5.82 Å². The fourth-order valence-electron chi connectivity index (χ4n) is 2.39. The van der Waals surface area contributed by atoms with Crippen LogP contribution in [0, 0.1) is 12.7 Å². The minimum absolute atomic E-state index is 0.298. The molecule has 0 atom stereocenters. The maximum atomic E-state index is 14.5. The molecule has 3 aromatic rings. The molecular formula is C18H17FN2O. The minimum Gasteiger partial charge on any atom is -0.494 e. The molecule has 0 radical (unpaired) electrons. The molecule has 0 aliphatic heterocycles. The summed E-state index contributed by atoms with van der Waals surface area (Å²) in [5.41, 5.74) is 2.45. The van der Waals surface area contributed by atoms with Crippen LogP contribution >= 0.6 is 0 Å². The number of ether oxygens (including phenoxy) is 1. The van der Waals surface area contributed by atoms with E-state index in [9.17, 15) is 4.39 Å². The molecular weight excluding hydrogens is 279 g/mol. The van der Waals surface area contributed by atoms with Gasteiger partial charge in [-0.15, -0.1) is 0 Å². The number of hydrogen-bond donors (Lipinski definition) is 0. The summed E-state index contributed by atoms with van der Waals surface area (Å²) in [6, 6.07) is 16.9. The predicted octanol–water partition coefficient (Wildman–Crippen LogP) is 4.39. The molecule has 4 heteroatoms. The van der Waals surface area contributed by atoms with Crippen LogP contribution in [-0.4, -0.2) is 16.4 Å². The van der Waals surface area contributed by atoms with Crippen LogP contribution in [0.1, 0.15) is 12.6 Å². The molecule has 22 heavy (non-hydrogen) atoms. The average Bonchev–Trinajstić information content (AvgIpc) is 2.85. The summed E-state index contributed by atoms with van der Waals surface area (Å²) in [6.07, 6.45) is 0. The SMILES string of the molecule is CCOc1ccc(-c2c(F)c(C)nn2-c2ccccc2)cc1. The number of aromatic nitrogens is 2. The first-order valence-corrected chi connectivity index (χ1v) is 7.24. The van der Waals surface area contributed by atoms with Gasteiger partial charge < -0.3 is 4.74 Å². The molecule has 3 rings (SSSR count). The van der Waals surface area contributed by atoms with E-state index < -0.39 is 0 Å². The van der Waals surface area contributed by atoms with Gasteiger partial charge in [0.15, 0.2) is 5.82 Å². The van der Waals surface area contributed by atoms with E-state index in [1.165, 1.54) is 0 Å². The predicted molar refractivity (Wildman–Crippen MR) is 84.9 cm³/mol. The van der Waals surface area contributed by atoms with Crippen molar-refractivity contribution in [3.8, 4) is 22.7 Å². The largest absolute Gasteiger partial charge is 0.494 e. The number of nitrogens with zero attached hydrogens (tertiary/aromatic N) is 2. The second kappa shape index (κ2) is 6.02. The maximum absolute atomic E-state index is 14.5. The molecule has 0 fully saturated rings. The van der Waals surface area contributed by atoms with Crippen LogP contribution in [-0.2, 0) is 0 Å². The van der Waals surface area contributed by atoms with Crippen LogP contribution in [0.3, 0.4) is 0 Å². The van der Waals surface area contributed by atoms with Crippen LogP contribution < -0.4 is 4.74 Å². The summed E-state index contributed by atoms with van der Waals surface area (Å²) in [6.45, 7) is 4.21. The molecule has 0 saturated carbocycles. The van der Waals surface area contributed by atoms with E-state index in [1.54, 1.807) is 11.6 Å². The fraction of sp³-hybridized carbons (Fsp3) is 0.167. The van der Waals surface area contributed by atoms with Crippen LogP contribution in [0.15, 0.2) is 54.6 Å². The summed E-state index contributed by atoms with van der Waals surface area (Å²) in [7, 11) is 0. The van der Waals surface area contributed by atoms with Gasteiger partial charge in [0.2, 0.25) is 0 Å². The van der Waals surface area contributed by atoms with Gasteiger partial charge in [-0.25, -0.2) is 9.07 Å². The Kier molecular flexibility index (Phi) is 3.92. The van der Waals surface area contributed by atoms with Crippen molar-refractivity contribution in [3.63, 3.8) is 0 Å². The van der Waals surface area contributed by atoms with Crippen molar-refractivity contribution in [1.82, 2.24) is 9.78 Å². The highest BCUT2D eigenvalue weighted by atomic mass is 19.1. The highest BCUT2D eigenvalue weighted by Crippen LogP contribution is 2.29. The Hall–Kier alpha value is -2.62. The Morgan fingerprint density at radius 2 is 1.73 bits per heavy atom. The Bertz CT molecular complexity index is 764. The van der Waals surface area contributed by atoms with Crippen LogP contribution in [0.2, 0.25) is 0 Å². The Balaban J connectivity index is 2.10. The molecule has 0 bridgehead atoms. The Morgan fingerprint density at radius 1 is 1.05 bits per heavy atom. The standard InChI is InChI=1S/C18H17FN2O/c1-3-22-16-11-9-14(10-12-16)18-17(19)13(2)20-21(18)15-7-5-4-6-8-15/h4-12H,3H2,1-2H3. The molecule has 3 nitrogen and oxygen atoms in total. The molecule has 112 valence electrons. The van der Waals surface area contributed by atoms with Crippen LogP contribution in [0.5, 0.6) is 5.75 Å². The van der Waals surface area contributed by atoms with Crippen molar-refractivity contribution in [1.29, 1.82) is 0 Å². The lowest BCUT2D eigenvalue weighted by Gasteiger charge is -2.09. The maximum Gasteiger partial charge on any atom is 0.172 e. The molecule has 0 spiro atoms. The summed E-state index contributed by atoms with van der Waals surface area (Å²) in [4.78, 5) is 0.